The SMILES string of the molecule is CCCCCCCCCCCCCCCCCCOC[C@H](COP(=O)(O)OC[C@H]1O[C@@](C)(c2ccc3c(N)ncnn23)[C@H](O)[C@@H]1O)OCc1cc(C#N)ccc1F. The van der Waals surface area contributed by atoms with Crippen molar-refractivity contribution in [3.63, 3.8) is 0 Å². The molecule has 1 aliphatic rings. The lowest BCUT2D eigenvalue weighted by Crippen LogP contribution is -2.39. The average Bonchev–Trinajstić information content (AvgIpc) is 3.74. The summed E-state index contributed by atoms with van der Waals surface area (Å²) in [5.41, 5.74) is 5.70. The Kier molecular flexibility index (Phi) is 19.8. The molecule has 1 saturated heterocycles. The minimum atomic E-state index is -4.76. The van der Waals surface area contributed by atoms with Gasteiger partial charge in [-0.25, -0.2) is 18.5 Å². The summed E-state index contributed by atoms with van der Waals surface area (Å²) < 4.78 is 57.1. The van der Waals surface area contributed by atoms with E-state index in [-0.39, 0.29) is 30.2 Å². The van der Waals surface area contributed by atoms with Crippen molar-refractivity contribution in [3.8, 4) is 6.07 Å². The second-order valence-corrected chi connectivity index (χ2v) is 16.6. The number of nitrogens with zero attached hydrogens (tertiary/aromatic N) is 4. The predicted molar refractivity (Wildman–Crippen MR) is 213 cm³/mol. The number of nitriles is 1. The highest BCUT2D eigenvalue weighted by atomic mass is 31.2. The molecule has 1 fully saturated rings. The van der Waals surface area contributed by atoms with Gasteiger partial charge in [-0.05, 0) is 43.7 Å². The van der Waals surface area contributed by atoms with Gasteiger partial charge in [0.25, 0.3) is 0 Å². The minimum absolute atomic E-state index is 0.00730. The molecule has 0 radical (unpaired) electrons. The van der Waals surface area contributed by atoms with Gasteiger partial charge in [-0.3, -0.25) is 9.05 Å². The van der Waals surface area contributed by atoms with Gasteiger partial charge in [0.15, 0.2) is 5.82 Å². The Morgan fingerprint density at radius 3 is 2.23 bits per heavy atom. The Balaban J connectivity index is 1.18. The van der Waals surface area contributed by atoms with Crippen molar-refractivity contribution >= 4 is 19.2 Å². The monoisotopic (exact) mass is 819 g/mol. The molecule has 318 valence electrons. The summed E-state index contributed by atoms with van der Waals surface area (Å²) in [4.78, 5) is 14.5. The maximum absolute atomic E-state index is 14.5. The molecule has 1 aromatic carbocycles. The van der Waals surface area contributed by atoms with Crippen molar-refractivity contribution in [2.45, 2.75) is 153 Å². The first-order valence-corrected chi connectivity index (χ1v) is 22.1. The van der Waals surface area contributed by atoms with Crippen molar-refractivity contribution in [2.75, 3.05) is 32.2 Å². The van der Waals surface area contributed by atoms with Crippen LogP contribution in [0.3, 0.4) is 0 Å². The molecule has 1 unspecified atom stereocenters. The maximum Gasteiger partial charge on any atom is 0.472 e. The van der Waals surface area contributed by atoms with Gasteiger partial charge >= 0.3 is 7.82 Å². The molecule has 3 heterocycles. The lowest BCUT2D eigenvalue weighted by atomic mass is 9.93. The maximum atomic E-state index is 14.5. The van der Waals surface area contributed by atoms with E-state index in [0.717, 1.165) is 19.3 Å². The lowest BCUT2D eigenvalue weighted by molar-refractivity contribution is -0.0901. The van der Waals surface area contributed by atoms with Crippen LogP contribution in [-0.4, -0.2) is 80.5 Å². The van der Waals surface area contributed by atoms with Gasteiger partial charge in [-0.15, -0.1) is 0 Å². The van der Waals surface area contributed by atoms with E-state index in [0.29, 0.717) is 17.8 Å². The van der Waals surface area contributed by atoms with Crippen LogP contribution in [0.2, 0.25) is 0 Å². The quantitative estimate of drug-likeness (QED) is 0.0393. The second-order valence-electron chi connectivity index (χ2n) is 15.1. The van der Waals surface area contributed by atoms with Gasteiger partial charge in [0.2, 0.25) is 0 Å². The third-order valence-electron chi connectivity index (χ3n) is 10.6. The molecule has 4 rings (SSSR count). The van der Waals surface area contributed by atoms with Crippen LogP contribution >= 0.6 is 7.82 Å². The van der Waals surface area contributed by atoms with E-state index in [4.69, 9.17) is 29.0 Å². The van der Waals surface area contributed by atoms with Crippen LogP contribution in [0, 0.1) is 17.1 Å². The summed E-state index contributed by atoms with van der Waals surface area (Å²) in [5, 5.41) is 35.2. The smallest absolute Gasteiger partial charge is 0.387 e. The third-order valence-corrected chi connectivity index (χ3v) is 11.5. The topological polar surface area (TPSA) is 204 Å². The summed E-state index contributed by atoms with van der Waals surface area (Å²) in [6, 6.07) is 9.15. The lowest BCUT2D eigenvalue weighted by Gasteiger charge is -2.27. The average molecular weight is 820 g/mol. The summed E-state index contributed by atoms with van der Waals surface area (Å²) in [7, 11) is -4.76. The molecule has 16 heteroatoms. The van der Waals surface area contributed by atoms with E-state index < -0.39 is 56.9 Å². The Bertz CT molecular complexity index is 1730. The molecule has 0 aliphatic carbocycles. The van der Waals surface area contributed by atoms with E-state index in [2.05, 4.69) is 17.0 Å². The molecule has 14 nitrogen and oxygen atoms in total. The number of ether oxygens (including phenoxy) is 3. The number of hydrogen-bond acceptors (Lipinski definition) is 12. The van der Waals surface area contributed by atoms with E-state index >= 15 is 0 Å². The molecule has 0 amide bonds. The van der Waals surface area contributed by atoms with E-state index in [9.17, 15) is 29.3 Å². The highest BCUT2D eigenvalue weighted by Gasteiger charge is 2.54. The molecule has 1 aliphatic heterocycles. The fraction of sp³-hybridized carbons (Fsp3) is 0.683. The zero-order valence-corrected chi connectivity index (χ0v) is 34.5. The number of rotatable bonds is 29. The van der Waals surface area contributed by atoms with Crippen molar-refractivity contribution in [2.24, 2.45) is 0 Å². The van der Waals surface area contributed by atoms with E-state index in [1.165, 1.54) is 113 Å². The number of benzene rings is 1. The van der Waals surface area contributed by atoms with Crippen LogP contribution in [0.25, 0.3) is 5.52 Å². The number of halogens is 1. The molecule has 5 N–H and O–H groups in total. The molecule has 3 aromatic rings. The first-order valence-electron chi connectivity index (χ1n) is 20.6. The highest BCUT2D eigenvalue weighted by molar-refractivity contribution is 7.47. The van der Waals surface area contributed by atoms with Crippen molar-refractivity contribution < 1.29 is 47.3 Å². The number of nitrogen functional groups attached to an aromatic ring is 1. The molecular formula is C41H63FN5O9P. The Morgan fingerprint density at radius 1 is 0.965 bits per heavy atom. The third kappa shape index (κ3) is 14.6. The molecule has 57 heavy (non-hydrogen) atoms. The van der Waals surface area contributed by atoms with Crippen LogP contribution < -0.4 is 5.73 Å². The number of aliphatic hydroxyl groups is 2. The summed E-state index contributed by atoms with van der Waals surface area (Å²) in [6.45, 7) is 2.95. The number of unbranched alkanes of at least 4 members (excludes halogenated alkanes) is 15. The summed E-state index contributed by atoms with van der Waals surface area (Å²) in [5.74, 6) is -0.354. The first kappa shape index (κ1) is 46.7. The molecule has 0 saturated carbocycles. The van der Waals surface area contributed by atoms with Crippen LogP contribution in [0.4, 0.5) is 10.2 Å². The van der Waals surface area contributed by atoms with Crippen LogP contribution in [-0.2, 0) is 40.0 Å². The van der Waals surface area contributed by atoms with Crippen LogP contribution in [0.1, 0.15) is 133 Å². The van der Waals surface area contributed by atoms with Gasteiger partial charge < -0.3 is 35.1 Å². The fourth-order valence-corrected chi connectivity index (χ4v) is 7.88. The van der Waals surface area contributed by atoms with E-state index in [1.807, 2.05) is 6.07 Å². The Morgan fingerprint density at radius 2 is 1.60 bits per heavy atom. The van der Waals surface area contributed by atoms with Gasteiger partial charge in [0.1, 0.15) is 47.7 Å². The largest absolute Gasteiger partial charge is 0.472 e. The molecule has 2 aromatic heterocycles. The van der Waals surface area contributed by atoms with Crippen LogP contribution in [0.5, 0.6) is 0 Å². The number of nitrogens with two attached hydrogens (primary N) is 1. The molecule has 0 bridgehead atoms. The number of hydrogen-bond donors (Lipinski definition) is 4. The van der Waals surface area contributed by atoms with Gasteiger partial charge in [0.05, 0.1) is 43.8 Å². The van der Waals surface area contributed by atoms with Gasteiger partial charge in [-0.1, -0.05) is 103 Å². The van der Waals surface area contributed by atoms with Crippen molar-refractivity contribution in [1.29, 1.82) is 5.26 Å². The Hall–Kier alpha value is -3.03. The first-order chi connectivity index (χ1) is 27.5. The summed E-state index contributed by atoms with van der Waals surface area (Å²) >= 11 is 0. The predicted octanol–water partition coefficient (Wildman–Crippen LogP) is 7.66. The van der Waals surface area contributed by atoms with Gasteiger partial charge in [0, 0.05) is 12.2 Å². The second kappa shape index (κ2) is 24.1. The molecule has 6 atom stereocenters. The zero-order valence-electron chi connectivity index (χ0n) is 33.6. The summed E-state index contributed by atoms with van der Waals surface area (Å²) in [6.07, 6.45) is 16.3. The number of aromatic nitrogens is 3. The Labute approximate surface area is 336 Å². The number of aliphatic hydroxyl groups excluding tert-OH is 2. The molecular weight excluding hydrogens is 756 g/mol. The van der Waals surface area contributed by atoms with E-state index in [1.54, 1.807) is 19.1 Å². The highest BCUT2D eigenvalue weighted by Crippen LogP contribution is 2.46. The number of phosphoric acid groups is 1. The zero-order chi connectivity index (χ0) is 41.1. The van der Waals surface area contributed by atoms with Crippen molar-refractivity contribution in [3.05, 3.63) is 59.3 Å². The van der Waals surface area contributed by atoms with Crippen LogP contribution in [0.15, 0.2) is 36.7 Å². The fourth-order valence-electron chi connectivity index (χ4n) is 7.11. The number of fused-ring (bicyclic) bond motifs is 1. The van der Waals surface area contributed by atoms with Gasteiger partial charge in [-0.2, -0.15) is 10.4 Å². The minimum Gasteiger partial charge on any atom is -0.387 e. The number of phosphoric ester groups is 1. The number of anilines is 1. The molecule has 0 spiro atoms. The standard InChI is InChI=1S/C41H63FN5O9P/c1-3-4-5-6-7-8-9-10-11-12-13-14-15-16-17-18-23-52-27-33(53-26-32-24-31(25-43)19-20-34(32)42)28-54-57(50,51)55-29-36-38(48)39(49)41(2,56-36)37-22-21-35-40(44)45-30-46-47(35)37/h19-22,24,30,33,36,38-39,48-49H,3-18,23,26-29H2,1-2H3,(H,50,51)(H2,44,45,46)/t33-,36-,38-,39-,41+/m1/s1. The normalized spacial score (nSPS) is 21.2. The van der Waals surface area contributed by atoms with Crippen molar-refractivity contribution in [1.82, 2.24) is 14.6 Å².